The molecule has 0 bridgehead atoms. The molecule has 0 amide bonds. The first-order valence-corrected chi connectivity index (χ1v) is 11.8. The van der Waals surface area contributed by atoms with Crippen LogP contribution in [0.25, 0.3) is 0 Å². The largest absolute Gasteiger partial charge is 0.417 e. The summed E-state index contributed by atoms with van der Waals surface area (Å²) in [6.07, 6.45) is 3.57. The molecule has 4 nitrogen and oxygen atoms in total. The summed E-state index contributed by atoms with van der Waals surface area (Å²) in [4.78, 5) is 10.9. The van der Waals surface area contributed by atoms with Gasteiger partial charge in [0, 0.05) is 23.6 Å². The molecule has 6 heteroatoms. The van der Waals surface area contributed by atoms with Crippen LogP contribution >= 0.6 is 12.2 Å². The highest BCUT2D eigenvalue weighted by Crippen LogP contribution is 2.36. The molecule has 134 valence electrons. The van der Waals surface area contributed by atoms with Crippen LogP contribution in [-0.4, -0.2) is 25.2 Å². The molecule has 0 saturated heterocycles. The molecule has 0 aliphatic rings. The summed E-state index contributed by atoms with van der Waals surface area (Å²) in [5, 5.41) is 12.9. The van der Waals surface area contributed by atoms with E-state index in [0.29, 0.717) is 6.42 Å². The maximum Gasteiger partial charge on any atom is 0.273 e. The Bertz CT molecular complexity index is 582. The zero-order chi connectivity index (χ0) is 18.4. The van der Waals surface area contributed by atoms with Crippen molar-refractivity contribution in [3.05, 3.63) is 39.4 Å². The van der Waals surface area contributed by atoms with Gasteiger partial charge in [0.05, 0.1) is 4.92 Å². The fourth-order valence-corrected chi connectivity index (χ4v) is 3.58. The summed E-state index contributed by atoms with van der Waals surface area (Å²) in [6.45, 7) is 12.0. The number of hydrogen-bond donors (Lipinski definition) is 0. The van der Waals surface area contributed by atoms with Crippen LogP contribution in [0.2, 0.25) is 18.1 Å². The summed E-state index contributed by atoms with van der Waals surface area (Å²) < 4.78 is 6.16. The van der Waals surface area contributed by atoms with Gasteiger partial charge in [-0.1, -0.05) is 51.5 Å². The summed E-state index contributed by atoms with van der Waals surface area (Å²) in [7, 11) is -1.68. The van der Waals surface area contributed by atoms with Crippen molar-refractivity contribution >= 4 is 31.6 Å². The Morgan fingerprint density at radius 2 is 1.92 bits per heavy atom. The second kappa shape index (κ2) is 8.83. The molecule has 0 atom stereocenters. The van der Waals surface area contributed by atoms with E-state index < -0.39 is 8.32 Å². The lowest BCUT2D eigenvalue weighted by atomic mass is 10.0. The normalized spacial score (nSPS) is 12.2. The maximum absolute atomic E-state index is 11.2. The number of hydrogen-bond acceptors (Lipinski definition) is 4. The summed E-state index contributed by atoms with van der Waals surface area (Å²) in [5.74, 6) is 0. The van der Waals surface area contributed by atoms with E-state index in [0.717, 1.165) is 37.0 Å². The second-order valence-electron chi connectivity index (χ2n) is 7.64. The molecule has 1 aromatic rings. The molecule has 1 rings (SSSR count). The Labute approximate surface area is 151 Å². The average molecular weight is 368 g/mol. The van der Waals surface area contributed by atoms with E-state index in [-0.39, 0.29) is 15.6 Å². The van der Waals surface area contributed by atoms with Gasteiger partial charge in [-0.2, -0.15) is 0 Å². The van der Waals surface area contributed by atoms with E-state index in [2.05, 4.69) is 33.9 Å². The van der Waals surface area contributed by atoms with Crippen LogP contribution in [0, 0.1) is 10.1 Å². The Kier molecular flexibility index (Phi) is 7.70. The fraction of sp³-hybridized carbons (Fsp3) is 0.611. The Morgan fingerprint density at radius 3 is 2.46 bits per heavy atom. The van der Waals surface area contributed by atoms with Crippen LogP contribution in [0.1, 0.15) is 51.2 Å². The highest BCUT2D eigenvalue weighted by molar-refractivity contribution is 7.79. The van der Waals surface area contributed by atoms with Gasteiger partial charge in [-0.15, -0.1) is 0 Å². The third-order valence-electron chi connectivity index (χ3n) is 4.85. The summed E-state index contributed by atoms with van der Waals surface area (Å²) >= 11 is 4.99. The third kappa shape index (κ3) is 5.75. The van der Waals surface area contributed by atoms with E-state index in [1.807, 2.05) is 6.07 Å². The van der Waals surface area contributed by atoms with E-state index in [4.69, 9.17) is 16.6 Å². The van der Waals surface area contributed by atoms with Gasteiger partial charge in [0.25, 0.3) is 5.69 Å². The summed E-state index contributed by atoms with van der Waals surface area (Å²) in [5.41, 5.74) is 1.71. The number of benzene rings is 1. The second-order valence-corrected chi connectivity index (χ2v) is 12.7. The minimum Gasteiger partial charge on any atom is -0.417 e. The van der Waals surface area contributed by atoms with Gasteiger partial charge in [-0.05, 0) is 43.0 Å². The minimum atomic E-state index is -1.68. The average Bonchev–Trinajstić information content (AvgIpc) is 2.49. The molecule has 0 spiro atoms. The molecule has 0 N–H and O–H groups in total. The monoisotopic (exact) mass is 367 g/mol. The van der Waals surface area contributed by atoms with Gasteiger partial charge in [-0.25, -0.2) is 0 Å². The number of unbranched alkanes of at least 4 members (excludes halogenated alkanes) is 2. The SMILES string of the molecule is CC(C)(C)[Si](C)(C)OCCCCCc1c(C=S)cccc1[N+](=O)[O-]. The number of rotatable bonds is 9. The number of nitro benzene ring substituents is 1. The molecule has 0 fully saturated rings. The van der Waals surface area contributed by atoms with Gasteiger partial charge >= 0.3 is 0 Å². The lowest BCUT2D eigenvalue weighted by Gasteiger charge is -2.36. The Hall–Kier alpha value is -1.11. The van der Waals surface area contributed by atoms with Crippen LogP contribution in [-0.2, 0) is 10.8 Å². The Balaban J connectivity index is 2.50. The molecule has 0 heterocycles. The molecular formula is C18H29NO3SSi. The van der Waals surface area contributed by atoms with Crippen molar-refractivity contribution < 1.29 is 9.35 Å². The molecule has 1 aromatic carbocycles. The molecule has 0 saturated carbocycles. The minimum absolute atomic E-state index is 0.172. The maximum atomic E-state index is 11.2. The first kappa shape index (κ1) is 20.9. The van der Waals surface area contributed by atoms with Crippen molar-refractivity contribution in [3.8, 4) is 0 Å². The van der Waals surface area contributed by atoms with Gasteiger partial charge < -0.3 is 4.43 Å². The van der Waals surface area contributed by atoms with E-state index >= 15 is 0 Å². The van der Waals surface area contributed by atoms with E-state index in [1.54, 1.807) is 12.1 Å². The zero-order valence-electron chi connectivity index (χ0n) is 15.4. The van der Waals surface area contributed by atoms with Gasteiger partial charge in [0.2, 0.25) is 0 Å². The molecule has 0 radical (unpaired) electrons. The summed E-state index contributed by atoms with van der Waals surface area (Å²) in [6, 6.07) is 5.08. The van der Waals surface area contributed by atoms with Crippen molar-refractivity contribution in [1.29, 1.82) is 0 Å². The zero-order valence-corrected chi connectivity index (χ0v) is 17.2. The molecular weight excluding hydrogens is 338 g/mol. The fourth-order valence-electron chi connectivity index (χ4n) is 2.27. The first-order chi connectivity index (χ1) is 11.1. The van der Waals surface area contributed by atoms with Crippen molar-refractivity contribution in [3.63, 3.8) is 0 Å². The third-order valence-corrected chi connectivity index (χ3v) is 9.64. The lowest BCUT2D eigenvalue weighted by molar-refractivity contribution is -0.385. The molecule has 0 aliphatic heterocycles. The molecule has 24 heavy (non-hydrogen) atoms. The number of nitrogens with zero attached hydrogens (tertiary/aromatic N) is 1. The van der Waals surface area contributed by atoms with Crippen LogP contribution < -0.4 is 0 Å². The highest BCUT2D eigenvalue weighted by atomic mass is 32.1. The van der Waals surface area contributed by atoms with Crippen molar-refractivity contribution in [1.82, 2.24) is 0 Å². The first-order valence-electron chi connectivity index (χ1n) is 8.45. The van der Waals surface area contributed by atoms with Crippen molar-refractivity contribution in [2.75, 3.05) is 6.61 Å². The van der Waals surface area contributed by atoms with Crippen LogP contribution in [0.5, 0.6) is 0 Å². The quantitative estimate of drug-likeness (QED) is 0.185. The van der Waals surface area contributed by atoms with Crippen LogP contribution in [0.3, 0.4) is 0 Å². The molecule has 0 unspecified atom stereocenters. The van der Waals surface area contributed by atoms with E-state index in [9.17, 15) is 10.1 Å². The lowest BCUT2D eigenvalue weighted by Crippen LogP contribution is -2.40. The molecule has 0 aromatic heterocycles. The van der Waals surface area contributed by atoms with Crippen LogP contribution in [0.15, 0.2) is 18.2 Å². The van der Waals surface area contributed by atoms with Gasteiger partial charge in [-0.3, -0.25) is 10.1 Å². The Morgan fingerprint density at radius 1 is 1.25 bits per heavy atom. The van der Waals surface area contributed by atoms with Crippen LogP contribution in [0.4, 0.5) is 5.69 Å². The predicted molar refractivity (Wildman–Crippen MR) is 107 cm³/mol. The topological polar surface area (TPSA) is 52.4 Å². The standard InChI is InChI=1S/C18H29NO3SSi/c1-18(2,3)24(4,5)22-13-8-6-7-11-16-15(14-23)10-9-12-17(16)19(20)21/h9-10,12,14H,6-8,11,13H2,1-5H3. The van der Waals surface area contributed by atoms with Gasteiger partial charge in [0.15, 0.2) is 8.32 Å². The van der Waals surface area contributed by atoms with Crippen molar-refractivity contribution in [2.45, 2.75) is 64.6 Å². The molecule has 0 aliphatic carbocycles. The van der Waals surface area contributed by atoms with Gasteiger partial charge in [0.1, 0.15) is 0 Å². The van der Waals surface area contributed by atoms with E-state index in [1.165, 1.54) is 5.37 Å². The highest BCUT2D eigenvalue weighted by Gasteiger charge is 2.36. The predicted octanol–water partition coefficient (Wildman–Crippen LogP) is 5.68. The smallest absolute Gasteiger partial charge is 0.273 e. The number of thiocarbonyl (C=S) groups is 1. The number of nitro groups is 1. The van der Waals surface area contributed by atoms with Crippen molar-refractivity contribution in [2.24, 2.45) is 0 Å².